The minimum absolute atomic E-state index is 0.0488. The van der Waals surface area contributed by atoms with Gasteiger partial charge in [0.25, 0.3) is 5.91 Å². The Balaban J connectivity index is 1.58. The van der Waals surface area contributed by atoms with Crippen LogP contribution < -0.4 is 14.8 Å². The molecule has 1 fully saturated rings. The highest BCUT2D eigenvalue weighted by molar-refractivity contribution is 6.32. The SMILES string of the molecule is COc1ccc(CNC(=O)c2cnc(OC3CCOC3)c(Cl)c2)cn1. The first-order chi connectivity index (χ1) is 12.2. The number of ether oxygens (including phenoxy) is 3. The second-order valence-electron chi connectivity index (χ2n) is 5.51. The average Bonchev–Trinajstić information content (AvgIpc) is 3.15. The molecule has 132 valence electrons. The third kappa shape index (κ3) is 4.58. The summed E-state index contributed by atoms with van der Waals surface area (Å²) in [5.74, 6) is 0.559. The Morgan fingerprint density at radius 1 is 1.40 bits per heavy atom. The van der Waals surface area contributed by atoms with Crippen molar-refractivity contribution in [1.82, 2.24) is 15.3 Å². The Hall–Kier alpha value is -2.38. The summed E-state index contributed by atoms with van der Waals surface area (Å²) in [4.78, 5) is 20.5. The van der Waals surface area contributed by atoms with Gasteiger partial charge in [-0.25, -0.2) is 9.97 Å². The number of rotatable bonds is 6. The van der Waals surface area contributed by atoms with E-state index in [-0.39, 0.29) is 12.0 Å². The highest BCUT2D eigenvalue weighted by atomic mass is 35.5. The number of amides is 1. The van der Waals surface area contributed by atoms with E-state index in [0.29, 0.717) is 42.1 Å². The Bertz CT molecular complexity index is 733. The summed E-state index contributed by atoms with van der Waals surface area (Å²) in [5, 5.41) is 3.09. The summed E-state index contributed by atoms with van der Waals surface area (Å²) < 4.78 is 15.9. The molecular formula is C17H18ClN3O4. The van der Waals surface area contributed by atoms with Crippen LogP contribution in [0.15, 0.2) is 30.6 Å². The van der Waals surface area contributed by atoms with E-state index in [2.05, 4.69) is 15.3 Å². The van der Waals surface area contributed by atoms with Gasteiger partial charge in [-0.1, -0.05) is 17.7 Å². The highest BCUT2D eigenvalue weighted by Gasteiger charge is 2.20. The molecule has 7 nitrogen and oxygen atoms in total. The first kappa shape index (κ1) is 17.4. The Kier molecular flexibility index (Phi) is 5.67. The maximum atomic E-state index is 12.2. The third-order valence-corrected chi connectivity index (χ3v) is 3.97. The molecule has 0 aliphatic carbocycles. The van der Waals surface area contributed by atoms with Gasteiger partial charge in [0.2, 0.25) is 11.8 Å². The number of nitrogens with zero attached hydrogens (tertiary/aromatic N) is 2. The molecule has 1 N–H and O–H groups in total. The fourth-order valence-corrected chi connectivity index (χ4v) is 2.53. The Labute approximate surface area is 150 Å². The summed E-state index contributed by atoms with van der Waals surface area (Å²) >= 11 is 6.17. The van der Waals surface area contributed by atoms with E-state index in [9.17, 15) is 4.79 Å². The largest absolute Gasteiger partial charge is 0.481 e. The van der Waals surface area contributed by atoms with Gasteiger partial charge in [0.15, 0.2) is 0 Å². The lowest BCUT2D eigenvalue weighted by Gasteiger charge is -2.12. The Morgan fingerprint density at radius 3 is 2.92 bits per heavy atom. The summed E-state index contributed by atoms with van der Waals surface area (Å²) in [7, 11) is 1.55. The number of methoxy groups -OCH3 is 1. The summed E-state index contributed by atoms with van der Waals surface area (Å²) in [6.07, 6.45) is 3.84. The summed E-state index contributed by atoms with van der Waals surface area (Å²) in [6, 6.07) is 5.11. The molecule has 2 aromatic rings. The lowest BCUT2D eigenvalue weighted by atomic mass is 10.2. The van der Waals surface area contributed by atoms with Crippen LogP contribution in [0.5, 0.6) is 11.8 Å². The predicted octanol–water partition coefficient (Wildman–Crippen LogP) is 2.24. The van der Waals surface area contributed by atoms with E-state index in [1.54, 1.807) is 25.4 Å². The van der Waals surface area contributed by atoms with Crippen molar-refractivity contribution >= 4 is 17.5 Å². The molecule has 0 bridgehead atoms. The minimum Gasteiger partial charge on any atom is -0.481 e. The van der Waals surface area contributed by atoms with Crippen LogP contribution in [0, 0.1) is 0 Å². The van der Waals surface area contributed by atoms with E-state index in [1.807, 2.05) is 6.07 Å². The first-order valence-corrected chi connectivity index (χ1v) is 8.20. The zero-order chi connectivity index (χ0) is 17.6. The van der Waals surface area contributed by atoms with Gasteiger partial charge < -0.3 is 19.5 Å². The fraction of sp³-hybridized carbons (Fsp3) is 0.353. The maximum absolute atomic E-state index is 12.2. The number of hydrogen-bond donors (Lipinski definition) is 1. The molecule has 0 saturated carbocycles. The second-order valence-corrected chi connectivity index (χ2v) is 5.91. The van der Waals surface area contributed by atoms with Crippen molar-refractivity contribution in [3.05, 3.63) is 46.7 Å². The van der Waals surface area contributed by atoms with Crippen LogP contribution >= 0.6 is 11.6 Å². The molecule has 0 aromatic carbocycles. The van der Waals surface area contributed by atoms with Crippen molar-refractivity contribution < 1.29 is 19.0 Å². The van der Waals surface area contributed by atoms with E-state index >= 15 is 0 Å². The summed E-state index contributed by atoms with van der Waals surface area (Å²) in [6.45, 7) is 1.53. The number of nitrogens with one attached hydrogen (secondary N) is 1. The molecule has 3 heterocycles. The molecule has 2 aromatic heterocycles. The van der Waals surface area contributed by atoms with Crippen LogP contribution in [-0.2, 0) is 11.3 Å². The monoisotopic (exact) mass is 363 g/mol. The fourth-order valence-electron chi connectivity index (χ4n) is 2.32. The smallest absolute Gasteiger partial charge is 0.253 e. The molecule has 1 saturated heterocycles. The number of carbonyl (C=O) groups is 1. The third-order valence-electron chi connectivity index (χ3n) is 3.70. The van der Waals surface area contributed by atoms with Crippen LogP contribution in [0.4, 0.5) is 0 Å². The lowest BCUT2D eigenvalue weighted by Crippen LogP contribution is -2.23. The number of carbonyl (C=O) groups excluding carboxylic acids is 1. The minimum atomic E-state index is -0.277. The van der Waals surface area contributed by atoms with Gasteiger partial charge in [0.1, 0.15) is 11.1 Å². The molecule has 1 amide bonds. The molecule has 25 heavy (non-hydrogen) atoms. The molecule has 1 aliphatic heterocycles. The first-order valence-electron chi connectivity index (χ1n) is 7.83. The normalized spacial score (nSPS) is 16.5. The van der Waals surface area contributed by atoms with Crippen LogP contribution in [0.1, 0.15) is 22.3 Å². The quantitative estimate of drug-likeness (QED) is 0.847. The Morgan fingerprint density at radius 2 is 2.28 bits per heavy atom. The van der Waals surface area contributed by atoms with Crippen LogP contribution in [-0.4, -0.2) is 42.3 Å². The van der Waals surface area contributed by atoms with E-state index in [4.69, 9.17) is 25.8 Å². The van der Waals surface area contributed by atoms with Gasteiger partial charge in [-0.3, -0.25) is 4.79 Å². The van der Waals surface area contributed by atoms with Crippen molar-refractivity contribution in [3.8, 4) is 11.8 Å². The van der Waals surface area contributed by atoms with Gasteiger partial charge in [0.05, 0.1) is 25.9 Å². The van der Waals surface area contributed by atoms with Gasteiger partial charge in [-0.2, -0.15) is 0 Å². The second kappa shape index (κ2) is 8.13. The van der Waals surface area contributed by atoms with Crippen LogP contribution in [0.3, 0.4) is 0 Å². The molecule has 0 radical (unpaired) electrons. The molecule has 8 heteroatoms. The molecule has 1 atom stereocenters. The molecule has 1 unspecified atom stereocenters. The zero-order valence-electron chi connectivity index (χ0n) is 13.7. The van der Waals surface area contributed by atoms with Crippen LogP contribution in [0.25, 0.3) is 0 Å². The number of pyridine rings is 2. The van der Waals surface area contributed by atoms with Crippen molar-refractivity contribution in [1.29, 1.82) is 0 Å². The maximum Gasteiger partial charge on any atom is 0.253 e. The van der Waals surface area contributed by atoms with Crippen LogP contribution in [0.2, 0.25) is 5.02 Å². The predicted molar refractivity (Wildman–Crippen MR) is 91.1 cm³/mol. The number of hydrogen-bond acceptors (Lipinski definition) is 6. The van der Waals surface area contributed by atoms with E-state index in [0.717, 1.165) is 12.0 Å². The standard InChI is InChI=1S/C17H18ClN3O4/c1-23-15-3-2-11(7-19-15)8-20-16(22)12-6-14(18)17(21-9-12)25-13-4-5-24-10-13/h2-3,6-7,9,13H,4-5,8,10H2,1H3,(H,20,22). The van der Waals surface area contributed by atoms with Gasteiger partial charge in [0, 0.05) is 31.4 Å². The van der Waals surface area contributed by atoms with E-state index < -0.39 is 0 Å². The number of halogens is 1. The van der Waals surface area contributed by atoms with Crippen molar-refractivity contribution in [2.45, 2.75) is 19.1 Å². The molecule has 0 spiro atoms. The average molecular weight is 364 g/mol. The topological polar surface area (TPSA) is 82.6 Å². The molecule has 3 rings (SSSR count). The van der Waals surface area contributed by atoms with Gasteiger partial charge in [-0.05, 0) is 11.6 Å². The molecular weight excluding hydrogens is 346 g/mol. The van der Waals surface area contributed by atoms with Crippen molar-refractivity contribution in [2.24, 2.45) is 0 Å². The van der Waals surface area contributed by atoms with Crippen molar-refractivity contribution in [3.63, 3.8) is 0 Å². The number of aromatic nitrogens is 2. The van der Waals surface area contributed by atoms with Gasteiger partial charge >= 0.3 is 0 Å². The van der Waals surface area contributed by atoms with E-state index in [1.165, 1.54) is 6.20 Å². The highest BCUT2D eigenvalue weighted by Crippen LogP contribution is 2.25. The van der Waals surface area contributed by atoms with Crippen molar-refractivity contribution in [2.75, 3.05) is 20.3 Å². The summed E-state index contributed by atoms with van der Waals surface area (Å²) in [5.41, 5.74) is 1.22. The lowest BCUT2D eigenvalue weighted by molar-refractivity contribution is 0.0950. The van der Waals surface area contributed by atoms with Gasteiger partial charge in [-0.15, -0.1) is 0 Å². The zero-order valence-corrected chi connectivity index (χ0v) is 14.5. The molecule has 1 aliphatic rings.